The molecule has 1 N–H and O–H groups in total. The minimum Gasteiger partial charge on any atom is -0.467 e. The molecule has 0 spiro atoms. The summed E-state index contributed by atoms with van der Waals surface area (Å²) in [6.45, 7) is 0.00756. The van der Waals surface area contributed by atoms with Gasteiger partial charge in [-0.05, 0) is 30.3 Å². The Kier molecular flexibility index (Phi) is 2.56. The smallest absolute Gasteiger partial charge is 0.329 e. The summed E-state index contributed by atoms with van der Waals surface area (Å²) in [5, 5.41) is 0.131. The largest absolute Gasteiger partial charge is 0.467 e. The van der Waals surface area contributed by atoms with E-state index in [-0.39, 0.29) is 11.9 Å². The first-order valence-electron chi connectivity index (χ1n) is 5.60. The van der Waals surface area contributed by atoms with Gasteiger partial charge in [-0.15, -0.1) is 0 Å². The Morgan fingerprint density at radius 3 is 2.84 bits per heavy atom. The molecule has 1 aromatic carbocycles. The molecular formula is C13H9FN2O3. The number of halogens is 1. The van der Waals surface area contributed by atoms with Crippen LogP contribution in [0.2, 0.25) is 0 Å². The number of aromatic amines is 1. The third-order valence-electron chi connectivity index (χ3n) is 2.84. The highest BCUT2D eigenvalue weighted by Gasteiger charge is 2.09. The highest BCUT2D eigenvalue weighted by molar-refractivity contribution is 5.77. The molecule has 0 bridgehead atoms. The number of hydrogen-bond acceptors (Lipinski definition) is 3. The van der Waals surface area contributed by atoms with Crippen molar-refractivity contribution in [3.8, 4) is 0 Å². The Hall–Kier alpha value is -2.63. The first-order valence-corrected chi connectivity index (χ1v) is 5.60. The van der Waals surface area contributed by atoms with Gasteiger partial charge in [-0.2, -0.15) is 0 Å². The van der Waals surface area contributed by atoms with E-state index in [1.807, 2.05) is 0 Å². The fourth-order valence-electron chi connectivity index (χ4n) is 1.92. The van der Waals surface area contributed by atoms with Crippen LogP contribution in [-0.4, -0.2) is 9.55 Å². The van der Waals surface area contributed by atoms with Crippen molar-refractivity contribution in [2.75, 3.05) is 0 Å². The number of nitrogens with zero attached hydrogens (tertiary/aromatic N) is 1. The summed E-state index contributed by atoms with van der Waals surface area (Å²) < 4.78 is 19.2. The standard InChI is InChI=1S/C13H9FN2O3/c14-8-3-4-11-10(6-8)12(17)16(13(18)15-11)7-9-2-1-5-19-9/h1-6H,7H2,(H,15,18). The molecular weight excluding hydrogens is 251 g/mol. The van der Waals surface area contributed by atoms with Gasteiger partial charge in [-0.25, -0.2) is 9.18 Å². The second-order valence-corrected chi connectivity index (χ2v) is 4.09. The van der Waals surface area contributed by atoms with Crippen LogP contribution in [-0.2, 0) is 6.54 Å². The van der Waals surface area contributed by atoms with Gasteiger partial charge in [-0.1, -0.05) is 0 Å². The molecule has 5 nitrogen and oxygen atoms in total. The highest BCUT2D eigenvalue weighted by Crippen LogP contribution is 2.08. The number of H-pyrrole nitrogens is 1. The Morgan fingerprint density at radius 2 is 2.11 bits per heavy atom. The van der Waals surface area contributed by atoms with Crippen molar-refractivity contribution < 1.29 is 8.81 Å². The van der Waals surface area contributed by atoms with Crippen LogP contribution >= 0.6 is 0 Å². The van der Waals surface area contributed by atoms with E-state index >= 15 is 0 Å². The van der Waals surface area contributed by atoms with Crippen molar-refractivity contribution in [3.63, 3.8) is 0 Å². The Bertz CT molecular complexity index is 846. The number of aromatic nitrogens is 2. The topological polar surface area (TPSA) is 68.0 Å². The van der Waals surface area contributed by atoms with Crippen LogP contribution in [0.3, 0.4) is 0 Å². The minimum absolute atomic E-state index is 0.00756. The second kappa shape index (κ2) is 4.24. The average Bonchev–Trinajstić information content (AvgIpc) is 2.89. The number of benzene rings is 1. The molecule has 0 fully saturated rings. The number of hydrogen-bond donors (Lipinski definition) is 1. The lowest BCUT2D eigenvalue weighted by atomic mass is 10.2. The molecule has 2 heterocycles. The van der Waals surface area contributed by atoms with Crippen LogP contribution in [0.1, 0.15) is 5.76 Å². The van der Waals surface area contributed by atoms with Crippen molar-refractivity contribution in [1.29, 1.82) is 0 Å². The van der Waals surface area contributed by atoms with Crippen LogP contribution < -0.4 is 11.2 Å². The van der Waals surface area contributed by atoms with Gasteiger partial charge < -0.3 is 9.40 Å². The number of fused-ring (bicyclic) bond motifs is 1. The van der Waals surface area contributed by atoms with Crippen LogP contribution in [0, 0.1) is 5.82 Å². The first-order chi connectivity index (χ1) is 9.15. The fourth-order valence-corrected chi connectivity index (χ4v) is 1.92. The lowest BCUT2D eigenvalue weighted by Crippen LogP contribution is -2.35. The molecule has 19 heavy (non-hydrogen) atoms. The predicted molar refractivity (Wildman–Crippen MR) is 66.6 cm³/mol. The zero-order valence-corrected chi connectivity index (χ0v) is 9.72. The van der Waals surface area contributed by atoms with Gasteiger partial charge in [0, 0.05) is 0 Å². The van der Waals surface area contributed by atoms with E-state index in [0.29, 0.717) is 11.3 Å². The second-order valence-electron chi connectivity index (χ2n) is 4.09. The molecule has 3 rings (SSSR count). The summed E-state index contributed by atoms with van der Waals surface area (Å²) >= 11 is 0. The van der Waals surface area contributed by atoms with Gasteiger partial charge in [0.15, 0.2) is 0 Å². The maximum absolute atomic E-state index is 13.2. The van der Waals surface area contributed by atoms with Gasteiger partial charge in [0.25, 0.3) is 5.56 Å². The van der Waals surface area contributed by atoms with E-state index < -0.39 is 17.1 Å². The lowest BCUT2D eigenvalue weighted by Gasteiger charge is -2.04. The Morgan fingerprint density at radius 1 is 1.26 bits per heavy atom. The minimum atomic E-state index is -0.555. The zero-order chi connectivity index (χ0) is 13.4. The van der Waals surface area contributed by atoms with E-state index in [4.69, 9.17) is 4.42 Å². The monoisotopic (exact) mass is 260 g/mol. The van der Waals surface area contributed by atoms with Gasteiger partial charge in [0.1, 0.15) is 11.6 Å². The maximum atomic E-state index is 13.2. The van der Waals surface area contributed by atoms with Crippen LogP contribution in [0.15, 0.2) is 50.6 Å². The Balaban J connectivity index is 2.25. The molecule has 6 heteroatoms. The molecule has 0 atom stereocenters. The molecule has 96 valence electrons. The van der Waals surface area contributed by atoms with Crippen LogP contribution in [0.25, 0.3) is 10.9 Å². The van der Waals surface area contributed by atoms with Gasteiger partial charge in [-0.3, -0.25) is 9.36 Å². The number of rotatable bonds is 2. The maximum Gasteiger partial charge on any atom is 0.329 e. The fraction of sp³-hybridized carbons (Fsp3) is 0.0769. The molecule has 0 aliphatic heterocycles. The molecule has 0 saturated heterocycles. The quantitative estimate of drug-likeness (QED) is 0.758. The van der Waals surface area contributed by atoms with E-state index in [0.717, 1.165) is 10.6 Å². The molecule has 0 radical (unpaired) electrons. The third-order valence-corrected chi connectivity index (χ3v) is 2.84. The van der Waals surface area contributed by atoms with Crippen molar-refractivity contribution in [2.45, 2.75) is 6.54 Å². The molecule has 3 aromatic rings. The van der Waals surface area contributed by atoms with Crippen molar-refractivity contribution in [2.24, 2.45) is 0 Å². The number of furan rings is 1. The average molecular weight is 260 g/mol. The summed E-state index contributed by atoms with van der Waals surface area (Å²) in [6, 6.07) is 6.97. The third kappa shape index (κ3) is 1.97. The summed E-state index contributed by atoms with van der Waals surface area (Å²) in [7, 11) is 0. The molecule has 0 amide bonds. The van der Waals surface area contributed by atoms with Gasteiger partial charge in [0.2, 0.25) is 0 Å². The van der Waals surface area contributed by atoms with E-state index in [9.17, 15) is 14.0 Å². The molecule has 0 aliphatic carbocycles. The Labute approximate surface area is 105 Å². The zero-order valence-electron chi connectivity index (χ0n) is 9.72. The van der Waals surface area contributed by atoms with Gasteiger partial charge >= 0.3 is 5.69 Å². The van der Waals surface area contributed by atoms with E-state index in [2.05, 4.69) is 4.98 Å². The summed E-state index contributed by atoms with van der Waals surface area (Å²) in [5.41, 5.74) is -0.790. The van der Waals surface area contributed by atoms with Crippen molar-refractivity contribution >= 4 is 10.9 Å². The normalized spacial score (nSPS) is 11.0. The molecule has 0 unspecified atom stereocenters. The van der Waals surface area contributed by atoms with Crippen molar-refractivity contribution in [1.82, 2.24) is 9.55 Å². The van der Waals surface area contributed by atoms with Crippen LogP contribution in [0.4, 0.5) is 4.39 Å². The summed E-state index contributed by atoms with van der Waals surface area (Å²) in [4.78, 5) is 26.5. The molecule has 2 aromatic heterocycles. The van der Waals surface area contributed by atoms with Gasteiger partial charge in [0.05, 0.1) is 23.7 Å². The highest BCUT2D eigenvalue weighted by atomic mass is 19.1. The lowest BCUT2D eigenvalue weighted by molar-refractivity contribution is 0.484. The SMILES string of the molecule is O=c1[nH]c2ccc(F)cc2c(=O)n1Cc1ccco1. The van der Waals surface area contributed by atoms with Crippen molar-refractivity contribution in [3.05, 3.63) is 69.0 Å². The van der Waals surface area contributed by atoms with E-state index in [1.54, 1.807) is 12.1 Å². The first kappa shape index (κ1) is 11.5. The predicted octanol–water partition coefficient (Wildman–Crippen LogP) is 1.47. The number of nitrogens with one attached hydrogen (secondary N) is 1. The van der Waals surface area contributed by atoms with E-state index in [1.165, 1.54) is 18.4 Å². The summed E-state index contributed by atoms with van der Waals surface area (Å²) in [5.74, 6) is -0.0513. The summed E-state index contributed by atoms with van der Waals surface area (Å²) in [6.07, 6.45) is 1.45. The molecule has 0 saturated carbocycles. The van der Waals surface area contributed by atoms with Crippen LogP contribution in [0.5, 0.6) is 0 Å². The molecule has 0 aliphatic rings.